The van der Waals surface area contributed by atoms with Gasteiger partial charge in [-0.3, -0.25) is 5.32 Å². The van der Waals surface area contributed by atoms with Crippen LogP contribution in [0.15, 0.2) is 0 Å². The number of nitrogens with one attached hydrogen (secondary N) is 1. The highest BCUT2D eigenvalue weighted by molar-refractivity contribution is 4.87. The Kier molecular flexibility index (Phi) is 3.81. The lowest BCUT2D eigenvalue weighted by Gasteiger charge is -2.45. The third-order valence-electron chi connectivity index (χ3n) is 4.12. The van der Waals surface area contributed by atoms with Gasteiger partial charge < -0.3 is 9.64 Å². The van der Waals surface area contributed by atoms with Crippen LogP contribution < -0.4 is 5.32 Å². The van der Waals surface area contributed by atoms with E-state index in [-0.39, 0.29) is 11.1 Å². The van der Waals surface area contributed by atoms with Crippen LogP contribution in [0.1, 0.15) is 40.0 Å². The highest BCUT2D eigenvalue weighted by Gasteiger charge is 2.37. The van der Waals surface area contributed by atoms with Gasteiger partial charge in [0.25, 0.3) is 0 Å². The zero-order valence-electron chi connectivity index (χ0n) is 11.9. The molecule has 0 aromatic heterocycles. The molecule has 0 bridgehead atoms. The molecule has 17 heavy (non-hydrogen) atoms. The lowest BCUT2D eigenvalue weighted by atomic mass is 9.87. The van der Waals surface area contributed by atoms with Crippen molar-refractivity contribution < 1.29 is 4.74 Å². The SMILES string of the molecule is CN1CCCC(CC2(C)NCC(C)(C)CO2)C1. The smallest absolute Gasteiger partial charge is 0.116 e. The number of rotatable bonds is 2. The average molecular weight is 240 g/mol. The third kappa shape index (κ3) is 3.67. The summed E-state index contributed by atoms with van der Waals surface area (Å²) in [5, 5.41) is 3.61. The van der Waals surface area contributed by atoms with E-state index in [4.69, 9.17) is 4.74 Å². The molecule has 0 aliphatic carbocycles. The van der Waals surface area contributed by atoms with Crippen molar-refractivity contribution in [2.24, 2.45) is 11.3 Å². The van der Waals surface area contributed by atoms with Gasteiger partial charge in [0, 0.05) is 18.5 Å². The van der Waals surface area contributed by atoms with Gasteiger partial charge in [0.05, 0.1) is 6.61 Å². The van der Waals surface area contributed by atoms with Crippen LogP contribution in [-0.2, 0) is 4.74 Å². The van der Waals surface area contributed by atoms with Gasteiger partial charge >= 0.3 is 0 Å². The van der Waals surface area contributed by atoms with Crippen LogP contribution in [0.5, 0.6) is 0 Å². The zero-order chi connectivity index (χ0) is 12.5. The van der Waals surface area contributed by atoms with E-state index >= 15 is 0 Å². The van der Waals surface area contributed by atoms with Crippen molar-refractivity contribution in [3.05, 3.63) is 0 Å². The number of hydrogen-bond acceptors (Lipinski definition) is 3. The molecule has 2 unspecified atom stereocenters. The van der Waals surface area contributed by atoms with E-state index in [0.717, 1.165) is 25.5 Å². The quantitative estimate of drug-likeness (QED) is 0.800. The van der Waals surface area contributed by atoms with Gasteiger partial charge in [-0.05, 0) is 45.7 Å². The second-order valence-electron chi connectivity index (χ2n) is 7.01. The summed E-state index contributed by atoms with van der Waals surface area (Å²) in [6.07, 6.45) is 3.84. The topological polar surface area (TPSA) is 24.5 Å². The van der Waals surface area contributed by atoms with E-state index in [2.05, 4.69) is 38.0 Å². The molecule has 0 saturated carbocycles. The summed E-state index contributed by atoms with van der Waals surface area (Å²) in [6.45, 7) is 11.2. The maximum Gasteiger partial charge on any atom is 0.116 e. The molecule has 2 heterocycles. The maximum atomic E-state index is 6.09. The zero-order valence-corrected chi connectivity index (χ0v) is 11.9. The molecule has 2 fully saturated rings. The Balaban J connectivity index is 1.85. The minimum Gasteiger partial charge on any atom is -0.360 e. The van der Waals surface area contributed by atoms with Gasteiger partial charge in [0.2, 0.25) is 0 Å². The molecule has 0 radical (unpaired) electrons. The molecular formula is C14H28N2O. The van der Waals surface area contributed by atoms with E-state index < -0.39 is 0 Å². The molecule has 2 atom stereocenters. The van der Waals surface area contributed by atoms with E-state index in [1.807, 2.05) is 0 Å². The fourth-order valence-electron chi connectivity index (χ4n) is 3.00. The van der Waals surface area contributed by atoms with Gasteiger partial charge in [-0.15, -0.1) is 0 Å². The monoisotopic (exact) mass is 240 g/mol. The van der Waals surface area contributed by atoms with E-state index in [9.17, 15) is 0 Å². The fourth-order valence-corrected chi connectivity index (χ4v) is 3.00. The molecule has 2 rings (SSSR count). The molecule has 100 valence electrons. The first-order valence-corrected chi connectivity index (χ1v) is 6.96. The van der Waals surface area contributed by atoms with E-state index in [1.165, 1.54) is 25.9 Å². The minimum atomic E-state index is -0.0988. The van der Waals surface area contributed by atoms with Crippen molar-refractivity contribution >= 4 is 0 Å². The largest absolute Gasteiger partial charge is 0.360 e. The van der Waals surface area contributed by atoms with Gasteiger partial charge in [0.1, 0.15) is 5.72 Å². The predicted molar refractivity (Wildman–Crippen MR) is 71.0 cm³/mol. The third-order valence-corrected chi connectivity index (χ3v) is 4.12. The molecule has 0 aromatic carbocycles. The predicted octanol–water partition coefficient (Wildman–Crippen LogP) is 2.08. The molecule has 0 spiro atoms. The molecule has 2 saturated heterocycles. The number of piperidine rings is 1. The van der Waals surface area contributed by atoms with E-state index in [0.29, 0.717) is 0 Å². The maximum absolute atomic E-state index is 6.09. The highest BCUT2D eigenvalue weighted by atomic mass is 16.5. The molecule has 2 aliphatic heterocycles. The summed E-state index contributed by atoms with van der Waals surface area (Å²) >= 11 is 0. The van der Waals surface area contributed by atoms with Gasteiger partial charge in [0.15, 0.2) is 0 Å². The number of nitrogens with zero attached hydrogens (tertiary/aromatic N) is 1. The molecule has 3 heteroatoms. The molecular weight excluding hydrogens is 212 g/mol. The molecule has 2 aliphatic rings. The van der Waals surface area contributed by atoms with Crippen LogP contribution in [0.4, 0.5) is 0 Å². The van der Waals surface area contributed by atoms with Crippen molar-refractivity contribution in [1.82, 2.24) is 10.2 Å². The first-order chi connectivity index (χ1) is 7.89. The van der Waals surface area contributed by atoms with Crippen molar-refractivity contribution in [3.8, 4) is 0 Å². The fraction of sp³-hybridized carbons (Fsp3) is 1.00. The van der Waals surface area contributed by atoms with Gasteiger partial charge in [-0.25, -0.2) is 0 Å². The Morgan fingerprint density at radius 3 is 2.71 bits per heavy atom. The minimum absolute atomic E-state index is 0.0988. The Bertz CT molecular complexity index is 255. The van der Waals surface area contributed by atoms with Crippen LogP contribution in [0, 0.1) is 11.3 Å². The highest BCUT2D eigenvalue weighted by Crippen LogP contribution is 2.31. The normalized spacial score (nSPS) is 39.2. The Hall–Kier alpha value is -0.120. The van der Waals surface area contributed by atoms with Gasteiger partial charge in [-0.1, -0.05) is 13.8 Å². The van der Waals surface area contributed by atoms with Crippen LogP contribution in [-0.4, -0.2) is 43.9 Å². The average Bonchev–Trinajstić information content (AvgIpc) is 2.24. The number of ether oxygens (including phenoxy) is 1. The molecule has 0 amide bonds. The molecule has 3 nitrogen and oxygen atoms in total. The van der Waals surface area contributed by atoms with Crippen LogP contribution in [0.25, 0.3) is 0 Å². The van der Waals surface area contributed by atoms with Crippen LogP contribution in [0.3, 0.4) is 0 Å². The van der Waals surface area contributed by atoms with E-state index in [1.54, 1.807) is 0 Å². The first-order valence-electron chi connectivity index (χ1n) is 6.96. The Morgan fingerprint density at radius 2 is 2.12 bits per heavy atom. The summed E-state index contributed by atoms with van der Waals surface area (Å²) in [6, 6.07) is 0. The Morgan fingerprint density at radius 1 is 1.35 bits per heavy atom. The summed E-state index contributed by atoms with van der Waals surface area (Å²) < 4.78 is 6.09. The van der Waals surface area contributed by atoms with Gasteiger partial charge in [-0.2, -0.15) is 0 Å². The number of hydrogen-bond donors (Lipinski definition) is 1. The molecule has 0 aromatic rings. The summed E-state index contributed by atoms with van der Waals surface area (Å²) in [5.74, 6) is 0.785. The lowest BCUT2D eigenvalue weighted by molar-refractivity contribution is -0.139. The van der Waals surface area contributed by atoms with Crippen molar-refractivity contribution in [2.75, 3.05) is 33.3 Å². The van der Waals surface area contributed by atoms with Crippen molar-refractivity contribution in [2.45, 2.75) is 45.8 Å². The van der Waals surface area contributed by atoms with Crippen LogP contribution >= 0.6 is 0 Å². The van der Waals surface area contributed by atoms with Crippen molar-refractivity contribution in [3.63, 3.8) is 0 Å². The molecule has 1 N–H and O–H groups in total. The van der Waals surface area contributed by atoms with Crippen LogP contribution in [0.2, 0.25) is 0 Å². The second kappa shape index (κ2) is 4.87. The second-order valence-corrected chi connectivity index (χ2v) is 7.01. The summed E-state index contributed by atoms with van der Waals surface area (Å²) in [7, 11) is 2.23. The lowest BCUT2D eigenvalue weighted by Crippen LogP contribution is -2.57. The number of likely N-dealkylation sites (tertiary alicyclic amines) is 1. The first kappa shape index (κ1) is 13.3. The Labute approximate surface area is 106 Å². The summed E-state index contributed by atoms with van der Waals surface area (Å²) in [5.41, 5.74) is 0.182. The van der Waals surface area contributed by atoms with Crippen molar-refractivity contribution in [1.29, 1.82) is 0 Å². The standard InChI is InChI=1S/C14H28N2O/c1-13(2)10-15-14(3,17-11-13)8-12-6-5-7-16(4)9-12/h12,15H,5-11H2,1-4H3. The summed E-state index contributed by atoms with van der Waals surface area (Å²) in [4.78, 5) is 2.45.